The van der Waals surface area contributed by atoms with Gasteiger partial charge in [-0.05, 0) is 81.3 Å². The van der Waals surface area contributed by atoms with Crippen LogP contribution >= 0.6 is 0 Å². The highest BCUT2D eigenvalue weighted by Crippen LogP contribution is 2.47. The lowest BCUT2D eigenvalue weighted by Crippen LogP contribution is -2.00. The van der Waals surface area contributed by atoms with E-state index in [1.807, 2.05) is 18.2 Å². The second kappa shape index (κ2) is 7.91. The number of aromatic nitrogens is 1. The van der Waals surface area contributed by atoms with Crippen LogP contribution in [0.15, 0.2) is 127 Å². The number of carbonyl (C=O) groups is 1. The average Bonchev–Trinajstić information content (AvgIpc) is 3.65. The van der Waals surface area contributed by atoms with Gasteiger partial charge >= 0.3 is 0 Å². The van der Waals surface area contributed by atoms with E-state index >= 15 is 0 Å². The number of hydrogen-bond donors (Lipinski definition) is 0. The lowest BCUT2D eigenvalue weighted by molar-refractivity contribution is 0.104. The molecule has 2 nitrogen and oxygen atoms in total. The quantitative estimate of drug-likeness (QED) is 0.228. The SMILES string of the molecule is O=C1c2ccccc2-c2ccc3c(c21)Cc1ccc(-c2ccc(-n4c5ccccc5c5ccccc54)cc2)cc1-3. The van der Waals surface area contributed by atoms with Gasteiger partial charge in [-0.15, -0.1) is 0 Å². The summed E-state index contributed by atoms with van der Waals surface area (Å²) in [5.41, 5.74) is 14.7. The molecule has 0 fully saturated rings. The number of nitrogens with zero attached hydrogens (tertiary/aromatic N) is 1. The number of benzene rings is 6. The average molecular weight is 510 g/mol. The van der Waals surface area contributed by atoms with Crippen LogP contribution in [0.3, 0.4) is 0 Å². The summed E-state index contributed by atoms with van der Waals surface area (Å²) in [4.78, 5) is 13.4. The molecule has 2 aliphatic rings. The maximum absolute atomic E-state index is 13.4. The summed E-state index contributed by atoms with van der Waals surface area (Å²) in [5.74, 6) is 0.163. The summed E-state index contributed by atoms with van der Waals surface area (Å²) in [6, 6.07) is 45.2. The first-order valence-corrected chi connectivity index (χ1v) is 13.8. The van der Waals surface area contributed by atoms with Crippen molar-refractivity contribution in [3.63, 3.8) is 0 Å². The van der Waals surface area contributed by atoms with Gasteiger partial charge in [0.1, 0.15) is 0 Å². The highest BCUT2D eigenvalue weighted by Gasteiger charge is 2.33. The van der Waals surface area contributed by atoms with Gasteiger partial charge in [-0.1, -0.05) is 97.1 Å². The predicted molar refractivity (Wildman–Crippen MR) is 163 cm³/mol. The molecule has 186 valence electrons. The molecule has 0 aliphatic heterocycles. The molecule has 0 amide bonds. The molecule has 1 heterocycles. The fourth-order valence-electron chi connectivity index (χ4n) is 6.97. The molecule has 6 aromatic carbocycles. The van der Waals surface area contributed by atoms with E-state index in [1.165, 1.54) is 55.2 Å². The Balaban J connectivity index is 1.13. The molecular formula is C38H23NO. The molecule has 0 unspecified atom stereocenters. The first-order chi connectivity index (χ1) is 19.8. The summed E-state index contributed by atoms with van der Waals surface area (Å²) in [6.45, 7) is 0. The third kappa shape index (κ3) is 2.85. The van der Waals surface area contributed by atoms with E-state index in [4.69, 9.17) is 0 Å². The molecule has 9 rings (SSSR count). The third-order valence-corrected chi connectivity index (χ3v) is 8.81. The molecule has 2 aliphatic carbocycles. The van der Waals surface area contributed by atoms with Crippen LogP contribution in [0, 0.1) is 0 Å². The Morgan fingerprint density at radius 1 is 0.500 bits per heavy atom. The zero-order chi connectivity index (χ0) is 26.4. The summed E-state index contributed by atoms with van der Waals surface area (Å²) in [7, 11) is 0. The fourth-order valence-corrected chi connectivity index (χ4v) is 6.97. The van der Waals surface area contributed by atoms with Crippen molar-refractivity contribution in [2.45, 2.75) is 6.42 Å². The van der Waals surface area contributed by atoms with Crippen LogP contribution in [0.5, 0.6) is 0 Å². The number of fused-ring (bicyclic) bond motifs is 10. The van der Waals surface area contributed by atoms with E-state index < -0.39 is 0 Å². The van der Waals surface area contributed by atoms with Crippen LogP contribution < -0.4 is 0 Å². The minimum Gasteiger partial charge on any atom is -0.309 e. The van der Waals surface area contributed by atoms with Crippen LogP contribution in [0.4, 0.5) is 0 Å². The second-order valence-corrected chi connectivity index (χ2v) is 10.9. The van der Waals surface area contributed by atoms with E-state index in [0.29, 0.717) is 0 Å². The summed E-state index contributed by atoms with van der Waals surface area (Å²) in [6.07, 6.45) is 0.806. The maximum Gasteiger partial charge on any atom is 0.194 e. The third-order valence-electron chi connectivity index (χ3n) is 8.81. The Hall–Kier alpha value is -5.21. The van der Waals surface area contributed by atoms with Crippen LogP contribution in [-0.4, -0.2) is 10.4 Å². The zero-order valence-electron chi connectivity index (χ0n) is 21.7. The van der Waals surface area contributed by atoms with Gasteiger partial charge < -0.3 is 4.57 Å². The maximum atomic E-state index is 13.4. The van der Waals surface area contributed by atoms with Gasteiger partial charge in [0.05, 0.1) is 11.0 Å². The van der Waals surface area contributed by atoms with E-state index in [-0.39, 0.29) is 5.78 Å². The number of rotatable bonds is 2. The van der Waals surface area contributed by atoms with Gasteiger partial charge in [0.15, 0.2) is 5.78 Å². The monoisotopic (exact) mass is 509 g/mol. The van der Waals surface area contributed by atoms with Gasteiger partial charge in [0, 0.05) is 27.6 Å². The molecule has 40 heavy (non-hydrogen) atoms. The largest absolute Gasteiger partial charge is 0.309 e. The van der Waals surface area contributed by atoms with Crippen LogP contribution in [-0.2, 0) is 6.42 Å². The van der Waals surface area contributed by atoms with Gasteiger partial charge in [-0.2, -0.15) is 0 Å². The lowest BCUT2D eigenvalue weighted by atomic mass is 9.95. The number of para-hydroxylation sites is 2. The van der Waals surface area contributed by atoms with Crippen LogP contribution in [0.1, 0.15) is 27.0 Å². The number of ketones is 1. The second-order valence-electron chi connectivity index (χ2n) is 10.9. The van der Waals surface area contributed by atoms with Gasteiger partial charge in [-0.25, -0.2) is 0 Å². The minimum atomic E-state index is 0.163. The van der Waals surface area contributed by atoms with Gasteiger partial charge in [0.2, 0.25) is 0 Å². The van der Waals surface area contributed by atoms with E-state index in [9.17, 15) is 4.79 Å². The zero-order valence-corrected chi connectivity index (χ0v) is 21.7. The molecule has 2 heteroatoms. The van der Waals surface area contributed by atoms with Crippen molar-refractivity contribution in [1.29, 1.82) is 0 Å². The highest BCUT2D eigenvalue weighted by molar-refractivity contribution is 6.23. The standard InChI is InChI=1S/C38H23NO/c40-38-32-10-2-1-7-27(32)31-20-19-28-33-21-24(13-14-25(33)22-34(28)37(31)38)23-15-17-26(18-16-23)39-35-11-5-3-8-29(35)30-9-4-6-12-36(30)39/h1-21H,22H2. The Morgan fingerprint density at radius 3 is 1.88 bits per heavy atom. The van der Waals surface area contributed by atoms with E-state index in [1.54, 1.807) is 0 Å². The van der Waals surface area contributed by atoms with E-state index in [2.05, 4.69) is 114 Å². The topological polar surface area (TPSA) is 22.0 Å². The molecule has 0 N–H and O–H groups in total. The van der Waals surface area contributed by atoms with Crippen LogP contribution in [0.25, 0.3) is 60.9 Å². The van der Waals surface area contributed by atoms with Crippen molar-refractivity contribution in [2.24, 2.45) is 0 Å². The van der Waals surface area contributed by atoms with Gasteiger partial charge in [0.25, 0.3) is 0 Å². The Labute approximate surface area is 231 Å². The van der Waals surface area contributed by atoms with Crippen molar-refractivity contribution in [1.82, 2.24) is 4.57 Å². The van der Waals surface area contributed by atoms with E-state index in [0.717, 1.165) is 34.4 Å². The summed E-state index contributed by atoms with van der Waals surface area (Å²) in [5, 5.41) is 2.54. The smallest absolute Gasteiger partial charge is 0.194 e. The number of carbonyl (C=O) groups excluding carboxylic acids is 1. The fraction of sp³-hybridized carbons (Fsp3) is 0.0263. The van der Waals surface area contributed by atoms with Crippen LogP contribution in [0.2, 0.25) is 0 Å². The van der Waals surface area contributed by atoms with Crippen molar-refractivity contribution >= 4 is 27.6 Å². The normalized spacial score (nSPS) is 12.9. The molecule has 7 aromatic rings. The van der Waals surface area contributed by atoms with Crippen molar-refractivity contribution < 1.29 is 4.79 Å². The molecule has 0 atom stereocenters. The first-order valence-electron chi connectivity index (χ1n) is 13.8. The van der Waals surface area contributed by atoms with Crippen molar-refractivity contribution in [2.75, 3.05) is 0 Å². The summed E-state index contributed by atoms with van der Waals surface area (Å²) >= 11 is 0. The molecule has 0 radical (unpaired) electrons. The number of hydrogen-bond acceptors (Lipinski definition) is 1. The molecular weight excluding hydrogens is 486 g/mol. The molecule has 0 saturated carbocycles. The molecule has 0 spiro atoms. The predicted octanol–water partition coefficient (Wildman–Crippen LogP) is 9.23. The minimum absolute atomic E-state index is 0.163. The molecule has 1 aromatic heterocycles. The lowest BCUT2D eigenvalue weighted by Gasteiger charge is -2.11. The Kier molecular flexibility index (Phi) is 4.29. The Bertz CT molecular complexity index is 2140. The Morgan fingerprint density at radius 2 is 1.12 bits per heavy atom. The molecule has 0 bridgehead atoms. The summed E-state index contributed by atoms with van der Waals surface area (Å²) < 4.78 is 2.35. The highest BCUT2D eigenvalue weighted by atomic mass is 16.1. The molecule has 0 saturated heterocycles. The van der Waals surface area contributed by atoms with Gasteiger partial charge in [-0.3, -0.25) is 4.79 Å². The van der Waals surface area contributed by atoms with Crippen molar-refractivity contribution in [3.05, 3.63) is 150 Å². The van der Waals surface area contributed by atoms with Crippen molar-refractivity contribution in [3.8, 4) is 39.1 Å². The first kappa shape index (κ1) is 21.7.